The minimum Gasteiger partial charge on any atom is -0.497 e. The second kappa shape index (κ2) is 8.64. The van der Waals surface area contributed by atoms with Crippen LogP contribution >= 0.6 is 0 Å². The van der Waals surface area contributed by atoms with Crippen LogP contribution in [-0.2, 0) is 0 Å². The van der Waals surface area contributed by atoms with Crippen LogP contribution in [0.4, 0.5) is 5.95 Å². The molecule has 2 aliphatic heterocycles. The molecule has 0 fully saturated rings. The van der Waals surface area contributed by atoms with Crippen molar-refractivity contribution < 1.29 is 18.9 Å². The van der Waals surface area contributed by atoms with Crippen molar-refractivity contribution in [3.05, 3.63) is 94.8 Å². The summed E-state index contributed by atoms with van der Waals surface area (Å²) in [5.74, 6) is 3.50. The molecule has 0 aliphatic carbocycles. The minimum absolute atomic E-state index is 0.278. The third-order valence-electron chi connectivity index (χ3n) is 6.72. The quantitative estimate of drug-likeness (QED) is 0.420. The number of hydrogen-bond acceptors (Lipinski definition) is 7. The molecule has 8 nitrogen and oxygen atoms in total. The van der Waals surface area contributed by atoms with Crippen molar-refractivity contribution in [2.24, 2.45) is 0 Å². The maximum absolute atomic E-state index is 6.75. The number of aromatic nitrogens is 3. The summed E-state index contributed by atoms with van der Waals surface area (Å²) in [4.78, 5) is 4.51. The van der Waals surface area contributed by atoms with E-state index in [0.29, 0.717) is 17.4 Å². The van der Waals surface area contributed by atoms with Gasteiger partial charge in [-0.1, -0.05) is 35.9 Å². The predicted molar refractivity (Wildman–Crippen MR) is 136 cm³/mol. The van der Waals surface area contributed by atoms with Crippen molar-refractivity contribution >= 4 is 11.6 Å². The molecule has 0 spiro atoms. The smallest absolute Gasteiger partial charge is 0.226 e. The number of para-hydroxylation sites is 1. The van der Waals surface area contributed by atoms with E-state index in [1.807, 2.05) is 41.1 Å². The zero-order valence-electron chi connectivity index (χ0n) is 20.5. The number of rotatable bonds is 5. The molecule has 3 heterocycles. The molecular weight excluding hydrogens is 456 g/mol. The second-order valence-electron chi connectivity index (χ2n) is 8.74. The molecule has 2 atom stereocenters. The Morgan fingerprint density at radius 3 is 2.53 bits per heavy atom. The first kappa shape index (κ1) is 22.0. The molecule has 8 heteroatoms. The first-order valence-electron chi connectivity index (χ1n) is 11.7. The largest absolute Gasteiger partial charge is 0.497 e. The van der Waals surface area contributed by atoms with Gasteiger partial charge in [-0.05, 0) is 42.8 Å². The van der Waals surface area contributed by atoms with Gasteiger partial charge in [0, 0.05) is 16.7 Å². The summed E-state index contributed by atoms with van der Waals surface area (Å²) in [6.45, 7) is 2.07. The van der Waals surface area contributed by atoms with Crippen molar-refractivity contribution in [3.8, 4) is 23.0 Å². The van der Waals surface area contributed by atoms with Gasteiger partial charge in [0.25, 0.3) is 0 Å². The molecule has 0 radical (unpaired) electrons. The zero-order valence-corrected chi connectivity index (χ0v) is 20.5. The van der Waals surface area contributed by atoms with Crippen LogP contribution in [-0.4, -0.2) is 36.1 Å². The fraction of sp³-hybridized carbons (Fsp3) is 0.214. The van der Waals surface area contributed by atoms with Crippen LogP contribution in [0.1, 0.15) is 34.4 Å². The van der Waals surface area contributed by atoms with E-state index in [9.17, 15) is 0 Å². The van der Waals surface area contributed by atoms with E-state index in [4.69, 9.17) is 18.9 Å². The van der Waals surface area contributed by atoms with Crippen molar-refractivity contribution in [3.63, 3.8) is 0 Å². The lowest BCUT2D eigenvalue weighted by atomic mass is 9.84. The van der Waals surface area contributed by atoms with Crippen LogP contribution in [0.5, 0.6) is 23.0 Å². The van der Waals surface area contributed by atoms with Crippen molar-refractivity contribution in [2.75, 3.05) is 26.6 Å². The minimum atomic E-state index is -0.475. The van der Waals surface area contributed by atoms with Crippen LogP contribution < -0.4 is 24.3 Å². The molecule has 4 aromatic rings. The van der Waals surface area contributed by atoms with Crippen LogP contribution in [0, 0.1) is 6.92 Å². The number of benzene rings is 3. The maximum atomic E-state index is 6.75. The van der Waals surface area contributed by atoms with E-state index >= 15 is 0 Å². The Morgan fingerprint density at radius 2 is 1.78 bits per heavy atom. The SMILES string of the molecule is COc1ccc([C@H]2C3=C(Nc4ncnn42)c2cc(C)ccc2O[C@@H]3c2cccc(OC)c2OC)cc1. The molecule has 2 aliphatic rings. The van der Waals surface area contributed by atoms with E-state index in [-0.39, 0.29) is 6.04 Å². The molecule has 1 N–H and O–H groups in total. The molecule has 0 bridgehead atoms. The Hall–Kier alpha value is -4.46. The van der Waals surface area contributed by atoms with Gasteiger partial charge in [-0.15, -0.1) is 0 Å². The van der Waals surface area contributed by atoms with Crippen LogP contribution in [0.3, 0.4) is 0 Å². The summed E-state index contributed by atoms with van der Waals surface area (Å²) < 4.78 is 25.5. The molecule has 1 aromatic heterocycles. The van der Waals surface area contributed by atoms with Crippen LogP contribution in [0.15, 0.2) is 72.6 Å². The van der Waals surface area contributed by atoms with E-state index in [2.05, 4.69) is 46.6 Å². The number of nitrogens with zero attached hydrogens (tertiary/aromatic N) is 3. The molecule has 0 unspecified atom stereocenters. The zero-order chi connectivity index (χ0) is 24.8. The van der Waals surface area contributed by atoms with Gasteiger partial charge in [-0.25, -0.2) is 4.68 Å². The standard InChI is InChI=1S/C28H26N4O4/c1-16-8-13-21-20(14-16)24-23(27(36-21)19-6-5-7-22(34-3)26(19)35-4)25(32-28(31-24)29-15-30-32)17-9-11-18(33-2)12-10-17/h5-15,25,27H,1-4H3,(H,29,30,31)/t25-,27+/m0/s1. The fourth-order valence-corrected chi connectivity index (χ4v) is 5.07. The van der Waals surface area contributed by atoms with Gasteiger partial charge in [0.1, 0.15) is 23.9 Å². The number of nitrogens with one attached hydrogen (secondary N) is 1. The van der Waals surface area contributed by atoms with E-state index in [0.717, 1.165) is 45.0 Å². The molecule has 0 saturated carbocycles. The first-order chi connectivity index (χ1) is 17.6. The second-order valence-corrected chi connectivity index (χ2v) is 8.74. The molecule has 0 amide bonds. The lowest BCUT2D eigenvalue weighted by molar-refractivity contribution is 0.216. The summed E-state index contributed by atoms with van der Waals surface area (Å²) in [5, 5.41) is 8.13. The van der Waals surface area contributed by atoms with Gasteiger partial charge in [-0.3, -0.25) is 0 Å². The highest BCUT2D eigenvalue weighted by Crippen LogP contribution is 2.53. The summed E-state index contributed by atoms with van der Waals surface area (Å²) in [5.41, 5.74) is 5.97. The lowest BCUT2D eigenvalue weighted by Crippen LogP contribution is -2.32. The van der Waals surface area contributed by atoms with Gasteiger partial charge in [0.05, 0.1) is 27.0 Å². The number of hydrogen-bond donors (Lipinski definition) is 1. The molecular formula is C28H26N4O4. The average Bonchev–Trinajstić information content (AvgIpc) is 3.39. The van der Waals surface area contributed by atoms with Crippen molar-refractivity contribution in [2.45, 2.75) is 19.1 Å². The number of fused-ring (bicyclic) bond motifs is 3. The molecule has 6 rings (SSSR count). The Morgan fingerprint density at radius 1 is 0.944 bits per heavy atom. The number of ether oxygens (including phenoxy) is 4. The highest BCUT2D eigenvalue weighted by atomic mass is 16.5. The topological polar surface area (TPSA) is 79.7 Å². The molecule has 3 aromatic carbocycles. The number of aryl methyl sites for hydroxylation is 1. The highest BCUT2D eigenvalue weighted by molar-refractivity contribution is 5.85. The Kier molecular flexibility index (Phi) is 5.29. The number of anilines is 1. The Balaban J connectivity index is 1.63. The fourth-order valence-electron chi connectivity index (χ4n) is 5.07. The van der Waals surface area contributed by atoms with Gasteiger partial charge in [-0.2, -0.15) is 10.1 Å². The van der Waals surface area contributed by atoms with E-state index in [1.165, 1.54) is 0 Å². The third kappa shape index (κ3) is 3.37. The molecule has 182 valence electrons. The summed E-state index contributed by atoms with van der Waals surface area (Å²) in [6, 6.07) is 19.8. The normalized spacial score (nSPS) is 17.8. The van der Waals surface area contributed by atoms with Gasteiger partial charge in [0.2, 0.25) is 5.95 Å². The average molecular weight is 483 g/mol. The van der Waals surface area contributed by atoms with Crippen LogP contribution in [0.2, 0.25) is 0 Å². The van der Waals surface area contributed by atoms with E-state index < -0.39 is 6.10 Å². The van der Waals surface area contributed by atoms with E-state index in [1.54, 1.807) is 27.7 Å². The summed E-state index contributed by atoms with van der Waals surface area (Å²) in [7, 11) is 4.94. The Bertz CT molecular complexity index is 1480. The Labute approximate surface area is 209 Å². The molecule has 0 saturated heterocycles. The predicted octanol–water partition coefficient (Wildman–Crippen LogP) is 5.17. The van der Waals surface area contributed by atoms with Crippen LogP contribution in [0.25, 0.3) is 5.70 Å². The third-order valence-corrected chi connectivity index (χ3v) is 6.72. The highest BCUT2D eigenvalue weighted by Gasteiger charge is 2.42. The first-order valence-corrected chi connectivity index (χ1v) is 11.7. The van der Waals surface area contributed by atoms with Gasteiger partial charge in [0.15, 0.2) is 17.6 Å². The van der Waals surface area contributed by atoms with Gasteiger partial charge < -0.3 is 24.3 Å². The number of methoxy groups -OCH3 is 3. The van der Waals surface area contributed by atoms with Gasteiger partial charge >= 0.3 is 0 Å². The lowest BCUT2D eigenvalue weighted by Gasteiger charge is -2.39. The summed E-state index contributed by atoms with van der Waals surface area (Å²) >= 11 is 0. The summed E-state index contributed by atoms with van der Waals surface area (Å²) in [6.07, 6.45) is 1.09. The molecule has 36 heavy (non-hydrogen) atoms. The van der Waals surface area contributed by atoms with Crippen molar-refractivity contribution in [1.82, 2.24) is 14.8 Å². The maximum Gasteiger partial charge on any atom is 0.226 e. The monoisotopic (exact) mass is 482 g/mol. The van der Waals surface area contributed by atoms with Crippen molar-refractivity contribution in [1.29, 1.82) is 0 Å².